The van der Waals surface area contributed by atoms with Crippen molar-refractivity contribution in [1.29, 1.82) is 0 Å². The van der Waals surface area contributed by atoms with E-state index in [1.807, 2.05) is 13.8 Å². The highest BCUT2D eigenvalue weighted by atomic mass is 15.2. The number of rotatable bonds is 3. The van der Waals surface area contributed by atoms with E-state index in [9.17, 15) is 0 Å². The molecule has 0 saturated carbocycles. The lowest BCUT2D eigenvalue weighted by Crippen LogP contribution is -2.46. The fraction of sp³-hybridized carbons (Fsp3) is 0.765. The summed E-state index contributed by atoms with van der Waals surface area (Å²) in [5, 5.41) is 0. The standard InChI is InChI=1S/C14H24N2.C2H6.CH4/c1-12-6-7-13(9-12)10-16-8-4-5-14(11-16)15(2)3;1-2;/h6-7,9,13-14H,4-5,8,10-11H2,1-3H3;1-2H3;1H4. The van der Waals surface area contributed by atoms with Crippen LogP contribution < -0.4 is 0 Å². The monoisotopic (exact) mass is 266 g/mol. The van der Waals surface area contributed by atoms with Gasteiger partial charge in [-0.3, -0.25) is 0 Å². The van der Waals surface area contributed by atoms with Crippen molar-refractivity contribution in [3.05, 3.63) is 23.8 Å². The van der Waals surface area contributed by atoms with E-state index >= 15 is 0 Å². The summed E-state index contributed by atoms with van der Waals surface area (Å²) in [7, 11) is 4.40. The molecule has 1 saturated heterocycles. The Morgan fingerprint density at radius 2 is 2.00 bits per heavy atom. The van der Waals surface area contributed by atoms with Crippen molar-refractivity contribution in [2.75, 3.05) is 33.7 Å². The molecule has 0 aromatic carbocycles. The van der Waals surface area contributed by atoms with E-state index in [-0.39, 0.29) is 7.43 Å². The Hall–Kier alpha value is -0.600. The van der Waals surface area contributed by atoms with Crippen molar-refractivity contribution in [3.63, 3.8) is 0 Å². The highest BCUT2D eigenvalue weighted by Gasteiger charge is 2.22. The van der Waals surface area contributed by atoms with E-state index in [0.29, 0.717) is 5.92 Å². The molecule has 0 bridgehead atoms. The fourth-order valence-corrected chi connectivity index (χ4v) is 2.75. The maximum atomic E-state index is 2.62. The molecule has 1 heterocycles. The number of nitrogens with zero attached hydrogens (tertiary/aromatic N) is 2. The van der Waals surface area contributed by atoms with Crippen LogP contribution in [0.25, 0.3) is 0 Å². The maximum Gasteiger partial charge on any atom is 0.0217 e. The van der Waals surface area contributed by atoms with Crippen LogP contribution in [0.1, 0.15) is 41.0 Å². The van der Waals surface area contributed by atoms with Crippen molar-refractivity contribution < 1.29 is 0 Å². The number of hydrogen-bond donors (Lipinski definition) is 0. The summed E-state index contributed by atoms with van der Waals surface area (Å²) in [6.45, 7) is 9.92. The average molecular weight is 266 g/mol. The summed E-state index contributed by atoms with van der Waals surface area (Å²) in [5.74, 6) is 0.654. The molecule has 2 atom stereocenters. The second-order valence-corrected chi connectivity index (χ2v) is 5.45. The third kappa shape index (κ3) is 5.92. The second-order valence-electron chi connectivity index (χ2n) is 5.45. The van der Waals surface area contributed by atoms with Gasteiger partial charge in [-0.05, 0) is 40.4 Å². The number of likely N-dealkylation sites (N-methyl/N-ethyl adjacent to an activating group) is 1. The molecule has 19 heavy (non-hydrogen) atoms. The third-order valence-corrected chi connectivity index (χ3v) is 3.76. The van der Waals surface area contributed by atoms with E-state index in [2.05, 4.69) is 49.0 Å². The van der Waals surface area contributed by atoms with Crippen molar-refractivity contribution in [3.8, 4) is 0 Å². The number of allylic oxidation sites excluding steroid dienone is 2. The van der Waals surface area contributed by atoms with Gasteiger partial charge in [0.15, 0.2) is 0 Å². The van der Waals surface area contributed by atoms with Crippen molar-refractivity contribution in [1.82, 2.24) is 9.80 Å². The molecule has 2 heteroatoms. The predicted molar refractivity (Wildman–Crippen MR) is 87.6 cm³/mol. The zero-order valence-electron chi connectivity index (χ0n) is 12.8. The molecule has 2 rings (SSSR count). The number of likely N-dealkylation sites (tertiary alicyclic amines) is 1. The van der Waals surface area contributed by atoms with E-state index in [1.165, 1.54) is 38.0 Å². The van der Waals surface area contributed by atoms with Crippen molar-refractivity contribution in [2.45, 2.75) is 47.1 Å². The first-order valence-electron chi connectivity index (χ1n) is 7.40. The first-order chi connectivity index (χ1) is 8.65. The molecule has 0 aromatic rings. The molecule has 2 nitrogen and oxygen atoms in total. The van der Waals surface area contributed by atoms with Crippen LogP contribution in [0.3, 0.4) is 0 Å². The summed E-state index contributed by atoms with van der Waals surface area (Å²) in [4.78, 5) is 5.00. The maximum absolute atomic E-state index is 2.62. The van der Waals surface area contributed by atoms with Crippen molar-refractivity contribution in [2.24, 2.45) is 5.92 Å². The Labute approximate surface area is 121 Å². The summed E-state index contributed by atoms with van der Waals surface area (Å²) in [6, 6.07) is 0.754. The molecule has 2 unspecified atom stereocenters. The molecule has 2 aliphatic rings. The lowest BCUT2D eigenvalue weighted by Gasteiger charge is -2.36. The van der Waals surface area contributed by atoms with E-state index in [4.69, 9.17) is 0 Å². The lowest BCUT2D eigenvalue weighted by atomic mass is 10.0. The molecule has 1 aliphatic carbocycles. The van der Waals surface area contributed by atoms with Crippen LogP contribution in [0.2, 0.25) is 0 Å². The van der Waals surface area contributed by atoms with Gasteiger partial charge < -0.3 is 9.80 Å². The van der Waals surface area contributed by atoms with Crippen LogP contribution in [-0.4, -0.2) is 49.6 Å². The van der Waals surface area contributed by atoms with Crippen molar-refractivity contribution >= 4 is 0 Å². The third-order valence-electron chi connectivity index (χ3n) is 3.76. The largest absolute Gasteiger partial charge is 0.305 e. The van der Waals surface area contributed by atoms with Gasteiger partial charge in [-0.1, -0.05) is 45.1 Å². The molecule has 0 radical (unpaired) electrons. The van der Waals surface area contributed by atoms with Gasteiger partial charge in [0, 0.05) is 25.0 Å². The van der Waals surface area contributed by atoms with Gasteiger partial charge in [0.2, 0.25) is 0 Å². The minimum absolute atomic E-state index is 0. The van der Waals surface area contributed by atoms with Gasteiger partial charge in [-0.15, -0.1) is 0 Å². The van der Waals surface area contributed by atoms with Gasteiger partial charge >= 0.3 is 0 Å². The van der Waals surface area contributed by atoms with Crippen LogP contribution >= 0.6 is 0 Å². The number of hydrogen-bond acceptors (Lipinski definition) is 2. The van der Waals surface area contributed by atoms with Gasteiger partial charge in [0.25, 0.3) is 0 Å². The summed E-state index contributed by atoms with van der Waals surface area (Å²) >= 11 is 0. The van der Waals surface area contributed by atoms with Crippen LogP contribution in [-0.2, 0) is 0 Å². The molecule has 0 amide bonds. The first kappa shape index (κ1) is 18.4. The quantitative estimate of drug-likeness (QED) is 0.766. The Morgan fingerprint density at radius 1 is 1.32 bits per heavy atom. The smallest absolute Gasteiger partial charge is 0.0217 e. The highest BCUT2D eigenvalue weighted by molar-refractivity contribution is 5.27. The summed E-state index contributed by atoms with van der Waals surface area (Å²) < 4.78 is 0. The molecule has 1 aliphatic heterocycles. The van der Waals surface area contributed by atoms with Gasteiger partial charge in [-0.2, -0.15) is 0 Å². The second kappa shape index (κ2) is 9.33. The highest BCUT2D eigenvalue weighted by Crippen LogP contribution is 2.20. The topological polar surface area (TPSA) is 6.48 Å². The minimum Gasteiger partial charge on any atom is -0.305 e. The Bertz CT molecular complexity index is 292. The molecule has 0 aromatic heterocycles. The molecule has 0 N–H and O–H groups in total. The average Bonchev–Trinajstić information content (AvgIpc) is 2.77. The van der Waals surface area contributed by atoms with Gasteiger partial charge in [-0.25, -0.2) is 0 Å². The normalized spacial score (nSPS) is 26.5. The predicted octanol–water partition coefficient (Wildman–Crippen LogP) is 3.81. The van der Waals surface area contributed by atoms with Crippen LogP contribution in [0.5, 0.6) is 0 Å². The van der Waals surface area contributed by atoms with E-state index < -0.39 is 0 Å². The Kier molecular flexibility index (Phi) is 9.03. The van der Waals surface area contributed by atoms with Gasteiger partial charge in [0.05, 0.1) is 0 Å². The Morgan fingerprint density at radius 3 is 2.53 bits per heavy atom. The minimum atomic E-state index is 0. The number of piperidine rings is 1. The van der Waals surface area contributed by atoms with E-state index in [0.717, 1.165) is 6.04 Å². The molecular formula is C17H34N2. The van der Waals surface area contributed by atoms with Gasteiger partial charge in [0.1, 0.15) is 0 Å². The van der Waals surface area contributed by atoms with Crippen LogP contribution in [0.4, 0.5) is 0 Å². The molecule has 1 fully saturated rings. The Balaban J connectivity index is 0.00000103. The first-order valence-corrected chi connectivity index (χ1v) is 7.40. The summed E-state index contributed by atoms with van der Waals surface area (Å²) in [6.07, 6.45) is 9.69. The van der Waals surface area contributed by atoms with Crippen LogP contribution in [0.15, 0.2) is 23.8 Å². The van der Waals surface area contributed by atoms with E-state index in [1.54, 1.807) is 0 Å². The zero-order chi connectivity index (χ0) is 13.5. The fourth-order valence-electron chi connectivity index (χ4n) is 2.75. The zero-order valence-corrected chi connectivity index (χ0v) is 12.8. The molecular weight excluding hydrogens is 232 g/mol. The van der Waals surface area contributed by atoms with Crippen LogP contribution in [0, 0.1) is 5.92 Å². The lowest BCUT2D eigenvalue weighted by molar-refractivity contribution is 0.129. The summed E-state index contributed by atoms with van der Waals surface area (Å²) in [5.41, 5.74) is 1.42. The SMILES string of the molecule is C.CC.CC1=CC(CN2CCCC(N(C)C)C2)C=C1. The molecule has 112 valence electrons. The molecule has 0 spiro atoms.